The molecule has 0 bridgehead atoms. The summed E-state index contributed by atoms with van der Waals surface area (Å²) in [6.45, 7) is 25.2. The summed E-state index contributed by atoms with van der Waals surface area (Å²) < 4.78 is 44.0. The molecular weight excluding hydrogens is 545 g/mol. The SMILES string of the molecule is [2H]C1([2H])C[C@@]2(C)[C@H]3[C@@H](O[Si](C)(C)C(C)(C)C)C[C@H]4[C@@H](C[C@@H](C)C[C@H]4O[Si](CC)(CC)CC)[C@]3(C)C=C(OC)[C@@]2(C)C(=O)O1. The molecule has 0 unspecified atom stereocenters. The molecule has 5 nitrogen and oxygen atoms in total. The van der Waals surface area contributed by atoms with Gasteiger partial charge in [0.15, 0.2) is 16.6 Å². The molecule has 0 spiro atoms. The van der Waals surface area contributed by atoms with E-state index in [1.165, 1.54) is 0 Å². The van der Waals surface area contributed by atoms with Crippen LogP contribution in [0.1, 0.15) is 97.7 Å². The van der Waals surface area contributed by atoms with Crippen LogP contribution in [-0.4, -0.2) is 48.5 Å². The van der Waals surface area contributed by atoms with E-state index < -0.39 is 40.0 Å². The number of methoxy groups -OCH3 is 1. The van der Waals surface area contributed by atoms with Crippen molar-refractivity contribution in [3.05, 3.63) is 11.8 Å². The number of carbonyl (C=O) groups is 1. The molecule has 0 radical (unpaired) electrons. The summed E-state index contributed by atoms with van der Waals surface area (Å²) >= 11 is 0. The Balaban J connectivity index is 1.96. The molecule has 0 N–H and O–H groups in total. The van der Waals surface area contributed by atoms with E-state index in [9.17, 15) is 4.79 Å². The zero-order valence-electron chi connectivity index (χ0n) is 30.5. The third kappa shape index (κ3) is 5.05. The highest BCUT2D eigenvalue weighted by Crippen LogP contribution is 2.71. The van der Waals surface area contributed by atoms with E-state index in [2.05, 4.69) is 81.5 Å². The summed E-state index contributed by atoms with van der Waals surface area (Å²) in [5.74, 6) is 1.17. The number of hydrogen-bond donors (Lipinski definition) is 0. The summed E-state index contributed by atoms with van der Waals surface area (Å²) in [6.07, 6.45) is 5.48. The van der Waals surface area contributed by atoms with Gasteiger partial charge in [-0.2, -0.15) is 0 Å². The first kappa shape index (κ1) is 30.4. The van der Waals surface area contributed by atoms with Crippen LogP contribution < -0.4 is 0 Å². The van der Waals surface area contributed by atoms with E-state index in [-0.39, 0.29) is 35.0 Å². The average Bonchev–Trinajstić information content (AvgIpc) is 2.88. The first-order valence-corrected chi connectivity index (χ1v) is 21.9. The molecule has 1 heterocycles. The lowest BCUT2D eigenvalue weighted by atomic mass is 9.39. The van der Waals surface area contributed by atoms with Gasteiger partial charge >= 0.3 is 5.97 Å². The fourth-order valence-electron chi connectivity index (χ4n) is 9.28. The summed E-state index contributed by atoms with van der Waals surface area (Å²) in [5.41, 5.74) is -2.25. The average molecular weight is 609 g/mol. The molecule has 2 saturated carbocycles. The predicted molar refractivity (Wildman–Crippen MR) is 173 cm³/mol. The van der Waals surface area contributed by atoms with Gasteiger partial charge in [-0.3, -0.25) is 4.79 Å². The van der Waals surface area contributed by atoms with Crippen LogP contribution in [0.25, 0.3) is 0 Å². The minimum Gasteiger partial charge on any atom is -0.500 e. The van der Waals surface area contributed by atoms with Crippen molar-refractivity contribution in [1.82, 2.24) is 0 Å². The highest BCUT2D eigenvalue weighted by Gasteiger charge is 2.71. The Morgan fingerprint density at radius 3 is 2.17 bits per heavy atom. The maximum absolute atomic E-state index is 13.9. The molecule has 236 valence electrons. The molecule has 1 saturated heterocycles. The van der Waals surface area contributed by atoms with Crippen molar-refractivity contribution in [3.8, 4) is 0 Å². The summed E-state index contributed by atoms with van der Waals surface area (Å²) in [6, 6.07) is 3.40. The minimum absolute atomic E-state index is 0.0123. The van der Waals surface area contributed by atoms with Crippen LogP contribution in [0.3, 0.4) is 0 Å². The van der Waals surface area contributed by atoms with Gasteiger partial charge in [-0.25, -0.2) is 0 Å². The van der Waals surface area contributed by atoms with Crippen molar-refractivity contribution in [2.45, 2.75) is 143 Å². The molecule has 3 fully saturated rings. The largest absolute Gasteiger partial charge is 0.500 e. The third-order valence-electron chi connectivity index (χ3n) is 13.2. The van der Waals surface area contributed by atoms with E-state index in [1.807, 2.05) is 6.92 Å². The highest BCUT2D eigenvalue weighted by atomic mass is 28.4. The van der Waals surface area contributed by atoms with E-state index >= 15 is 0 Å². The first-order chi connectivity index (χ1) is 19.6. The van der Waals surface area contributed by atoms with Crippen LogP contribution in [0, 0.1) is 39.9 Å². The Kier molecular flexibility index (Phi) is 8.20. The second-order valence-electron chi connectivity index (χ2n) is 16.2. The van der Waals surface area contributed by atoms with Gasteiger partial charge in [0, 0.05) is 18.1 Å². The van der Waals surface area contributed by atoms with Crippen LogP contribution in [0.4, 0.5) is 0 Å². The number of hydrogen-bond acceptors (Lipinski definition) is 5. The molecular formula is C34H62O5Si2. The second-order valence-corrected chi connectivity index (χ2v) is 25.7. The Bertz CT molecular complexity index is 1090. The zero-order chi connectivity index (χ0) is 32.6. The number of fused-ring (bicyclic) bond motifs is 5. The lowest BCUT2D eigenvalue weighted by molar-refractivity contribution is -0.221. The van der Waals surface area contributed by atoms with E-state index in [0.717, 1.165) is 37.4 Å². The van der Waals surface area contributed by atoms with Gasteiger partial charge in [0.05, 0.1) is 16.4 Å². The molecule has 0 aromatic heterocycles. The van der Waals surface area contributed by atoms with Crippen LogP contribution in [0.5, 0.6) is 0 Å². The minimum atomic E-state index is -2.25. The first-order valence-electron chi connectivity index (χ1n) is 17.5. The van der Waals surface area contributed by atoms with E-state index in [0.29, 0.717) is 23.5 Å². The molecule has 0 aromatic rings. The number of cyclic esters (lactones) is 1. The van der Waals surface area contributed by atoms with Gasteiger partial charge in [0.25, 0.3) is 0 Å². The van der Waals surface area contributed by atoms with Crippen molar-refractivity contribution in [2.75, 3.05) is 13.7 Å². The molecule has 4 aliphatic rings. The number of carbonyl (C=O) groups excluding carboxylic acids is 1. The highest BCUT2D eigenvalue weighted by molar-refractivity contribution is 6.74. The van der Waals surface area contributed by atoms with Crippen molar-refractivity contribution < 1.29 is 25.9 Å². The molecule has 0 amide bonds. The number of allylic oxidation sites excluding steroid dienone is 1. The number of ether oxygens (including phenoxy) is 2. The molecule has 7 heteroatoms. The Labute approximate surface area is 257 Å². The van der Waals surface area contributed by atoms with Gasteiger partial charge < -0.3 is 18.3 Å². The lowest BCUT2D eigenvalue weighted by Crippen LogP contribution is -2.69. The number of esters is 1. The van der Waals surface area contributed by atoms with Gasteiger partial charge in [-0.1, -0.05) is 62.3 Å². The standard InChI is InChI=1S/C34H62O5Si2/c1-14-41(15-2,16-3)39-26-20-23(4)19-25-24(26)21-27(38-40(12,13)31(5,6)7)29-32(25,8)22-28(36-11)34(10)30(35)37-18-17-33(29,34)9/h22-27,29H,14-21H2,1-13H3/t23-,24+,25-,26-,27+,29+,32+,33+,34+/m1/s1/i18D2. The van der Waals surface area contributed by atoms with Crippen molar-refractivity contribution in [3.63, 3.8) is 0 Å². The van der Waals surface area contributed by atoms with Crippen molar-refractivity contribution >= 4 is 22.6 Å². The quantitative estimate of drug-likeness (QED) is 0.203. The molecule has 0 aromatic carbocycles. The molecule has 4 rings (SSSR count). The normalized spacial score (nSPS) is 43.4. The predicted octanol–water partition coefficient (Wildman–Crippen LogP) is 8.96. The monoisotopic (exact) mass is 608 g/mol. The summed E-state index contributed by atoms with van der Waals surface area (Å²) in [5, 5.41) is 0.0123. The topological polar surface area (TPSA) is 54.0 Å². The number of rotatable bonds is 8. The Morgan fingerprint density at radius 1 is 1.02 bits per heavy atom. The van der Waals surface area contributed by atoms with Gasteiger partial charge in [-0.15, -0.1) is 0 Å². The Hall–Kier alpha value is -0.636. The van der Waals surface area contributed by atoms with Crippen LogP contribution in [-0.2, 0) is 23.1 Å². The Morgan fingerprint density at radius 2 is 1.63 bits per heavy atom. The summed E-state index contributed by atoms with van der Waals surface area (Å²) in [4.78, 5) is 13.9. The lowest BCUT2D eigenvalue weighted by Gasteiger charge is -2.68. The van der Waals surface area contributed by atoms with E-state index in [4.69, 9.17) is 21.1 Å². The summed E-state index contributed by atoms with van der Waals surface area (Å²) in [7, 11) is -2.46. The van der Waals surface area contributed by atoms with E-state index in [1.54, 1.807) is 7.11 Å². The fraction of sp³-hybridized carbons (Fsp3) is 0.912. The fourth-order valence-corrected chi connectivity index (χ4v) is 13.5. The van der Waals surface area contributed by atoms with Crippen LogP contribution in [0.2, 0.25) is 36.3 Å². The van der Waals surface area contributed by atoms with Crippen LogP contribution in [0.15, 0.2) is 11.8 Å². The van der Waals surface area contributed by atoms with Gasteiger partial charge in [0.1, 0.15) is 11.2 Å². The molecule has 9 atom stereocenters. The maximum atomic E-state index is 13.9. The third-order valence-corrected chi connectivity index (χ3v) is 22.4. The van der Waals surface area contributed by atoms with Crippen molar-refractivity contribution in [1.29, 1.82) is 0 Å². The molecule has 41 heavy (non-hydrogen) atoms. The smallest absolute Gasteiger partial charge is 0.320 e. The van der Waals surface area contributed by atoms with Crippen LogP contribution >= 0.6 is 0 Å². The van der Waals surface area contributed by atoms with Gasteiger partial charge in [0.2, 0.25) is 0 Å². The van der Waals surface area contributed by atoms with Crippen molar-refractivity contribution in [2.24, 2.45) is 39.9 Å². The molecule has 1 aliphatic heterocycles. The maximum Gasteiger partial charge on any atom is 0.320 e. The second kappa shape index (κ2) is 11.1. The molecule has 3 aliphatic carbocycles. The zero-order valence-corrected chi connectivity index (χ0v) is 30.5. The van der Waals surface area contributed by atoms with Gasteiger partial charge in [-0.05, 0) is 104 Å².